The predicted molar refractivity (Wildman–Crippen MR) is 46.2 cm³/mol. The van der Waals surface area contributed by atoms with Gasteiger partial charge in [0.2, 0.25) is 0 Å². The molecule has 0 spiro atoms. The summed E-state index contributed by atoms with van der Waals surface area (Å²) in [4.78, 5) is 11.1. The van der Waals surface area contributed by atoms with Gasteiger partial charge in [-0.15, -0.1) is 0 Å². The van der Waals surface area contributed by atoms with E-state index in [2.05, 4.69) is 12.6 Å². The molecule has 1 atom stereocenters. The Morgan fingerprint density at radius 1 is 1.82 bits per heavy atom. The number of methoxy groups -OCH3 is 1. The molecular formula is C8H13BO2. The van der Waals surface area contributed by atoms with E-state index in [0.29, 0.717) is 5.82 Å². The first-order valence-electron chi connectivity index (χ1n) is 4.04. The summed E-state index contributed by atoms with van der Waals surface area (Å²) in [5, 5.41) is 0. The van der Waals surface area contributed by atoms with Crippen LogP contribution in [0, 0.1) is 0 Å². The zero-order valence-electron chi connectivity index (χ0n) is 7.09. The van der Waals surface area contributed by atoms with E-state index in [1.54, 1.807) is 0 Å². The van der Waals surface area contributed by atoms with E-state index >= 15 is 0 Å². The average molecular weight is 152 g/mol. The summed E-state index contributed by atoms with van der Waals surface area (Å²) in [6.07, 6.45) is 5.33. The second-order valence-corrected chi connectivity index (χ2v) is 2.98. The van der Waals surface area contributed by atoms with Crippen LogP contribution in [0.25, 0.3) is 0 Å². The minimum atomic E-state index is -0.155. The minimum absolute atomic E-state index is 0.155. The van der Waals surface area contributed by atoms with Gasteiger partial charge in [-0.25, -0.2) is 4.79 Å². The van der Waals surface area contributed by atoms with E-state index in [1.807, 2.05) is 6.08 Å². The normalized spacial score (nSPS) is 24.1. The van der Waals surface area contributed by atoms with Crippen LogP contribution in [0.4, 0.5) is 0 Å². The van der Waals surface area contributed by atoms with Crippen LogP contribution in [-0.2, 0) is 9.53 Å². The van der Waals surface area contributed by atoms with Gasteiger partial charge in [0.05, 0.1) is 7.11 Å². The number of carbonyl (C=O) groups is 1. The predicted octanol–water partition coefficient (Wildman–Crippen LogP) is 0.691. The molecule has 0 aromatic heterocycles. The molecule has 0 aromatic carbocycles. The SMILES string of the molecule is BC1CCCC=C1C(=O)OC. The molecule has 1 rings (SSSR count). The van der Waals surface area contributed by atoms with Crippen molar-refractivity contribution in [3.05, 3.63) is 11.6 Å². The molecule has 0 amide bonds. The van der Waals surface area contributed by atoms with E-state index in [4.69, 9.17) is 0 Å². The molecule has 1 unspecified atom stereocenters. The van der Waals surface area contributed by atoms with Gasteiger partial charge in [0.25, 0.3) is 0 Å². The first kappa shape index (κ1) is 8.37. The summed E-state index contributed by atoms with van der Waals surface area (Å²) >= 11 is 0. The Labute approximate surface area is 68.0 Å². The van der Waals surface area contributed by atoms with Gasteiger partial charge in [0.15, 0.2) is 0 Å². The van der Waals surface area contributed by atoms with Gasteiger partial charge in [-0.1, -0.05) is 12.5 Å². The molecule has 0 aliphatic heterocycles. The Morgan fingerprint density at radius 3 is 3.09 bits per heavy atom. The summed E-state index contributed by atoms with van der Waals surface area (Å²) in [7, 11) is 3.51. The average Bonchev–Trinajstić information content (AvgIpc) is 2.04. The third-order valence-corrected chi connectivity index (χ3v) is 2.16. The lowest BCUT2D eigenvalue weighted by molar-refractivity contribution is -0.136. The van der Waals surface area contributed by atoms with Gasteiger partial charge >= 0.3 is 5.97 Å². The molecule has 11 heavy (non-hydrogen) atoms. The standard InChI is InChI=1S/C8H13BO2/c1-11-8(10)6-4-2-3-5-7(6)9/h4,7H,2-3,5,9H2,1H3. The largest absolute Gasteiger partial charge is 0.466 e. The number of ether oxygens (including phenoxy) is 1. The first-order chi connectivity index (χ1) is 5.25. The maximum Gasteiger partial charge on any atom is 0.332 e. The summed E-state index contributed by atoms with van der Waals surface area (Å²) in [6, 6.07) is 0. The second-order valence-electron chi connectivity index (χ2n) is 2.98. The number of hydrogen-bond acceptors (Lipinski definition) is 2. The van der Waals surface area contributed by atoms with Crippen LogP contribution in [0.3, 0.4) is 0 Å². The molecule has 0 aromatic rings. The van der Waals surface area contributed by atoms with Crippen molar-refractivity contribution in [3.63, 3.8) is 0 Å². The van der Waals surface area contributed by atoms with Crippen molar-refractivity contribution in [2.75, 3.05) is 7.11 Å². The fraction of sp³-hybridized carbons (Fsp3) is 0.625. The third-order valence-electron chi connectivity index (χ3n) is 2.16. The zero-order valence-corrected chi connectivity index (χ0v) is 7.09. The van der Waals surface area contributed by atoms with Crippen molar-refractivity contribution in [1.82, 2.24) is 0 Å². The summed E-state index contributed by atoms with van der Waals surface area (Å²) < 4.78 is 4.65. The van der Waals surface area contributed by atoms with Crippen LogP contribution in [0.1, 0.15) is 19.3 Å². The quantitative estimate of drug-likeness (QED) is 0.408. The Bertz CT molecular complexity index is 187. The van der Waals surface area contributed by atoms with Gasteiger partial charge in [-0.2, -0.15) is 0 Å². The molecule has 1 aliphatic rings. The van der Waals surface area contributed by atoms with E-state index in [0.717, 1.165) is 18.4 Å². The molecule has 0 saturated carbocycles. The minimum Gasteiger partial charge on any atom is -0.466 e. The number of carbonyl (C=O) groups excluding carboxylic acids is 1. The van der Waals surface area contributed by atoms with E-state index < -0.39 is 0 Å². The molecule has 0 fully saturated rings. The topological polar surface area (TPSA) is 26.3 Å². The summed E-state index contributed by atoms with van der Waals surface area (Å²) in [5.41, 5.74) is 0.860. The molecule has 1 aliphatic carbocycles. The van der Waals surface area contributed by atoms with Crippen LogP contribution >= 0.6 is 0 Å². The second kappa shape index (κ2) is 3.60. The number of allylic oxidation sites excluding steroid dienone is 1. The van der Waals surface area contributed by atoms with Crippen LogP contribution < -0.4 is 0 Å². The van der Waals surface area contributed by atoms with Gasteiger partial charge < -0.3 is 4.74 Å². The lowest BCUT2D eigenvalue weighted by Gasteiger charge is -2.17. The van der Waals surface area contributed by atoms with Crippen molar-refractivity contribution >= 4 is 13.8 Å². The molecule has 0 bridgehead atoms. The van der Waals surface area contributed by atoms with Crippen molar-refractivity contribution in [1.29, 1.82) is 0 Å². The fourth-order valence-corrected chi connectivity index (χ4v) is 1.44. The van der Waals surface area contributed by atoms with Gasteiger partial charge in [0, 0.05) is 5.57 Å². The van der Waals surface area contributed by atoms with Crippen molar-refractivity contribution in [2.24, 2.45) is 0 Å². The van der Waals surface area contributed by atoms with Crippen LogP contribution in [0.2, 0.25) is 5.82 Å². The van der Waals surface area contributed by atoms with E-state index in [-0.39, 0.29) is 5.97 Å². The smallest absolute Gasteiger partial charge is 0.332 e. The van der Waals surface area contributed by atoms with Crippen LogP contribution in [-0.4, -0.2) is 20.9 Å². The Balaban J connectivity index is 2.67. The maximum atomic E-state index is 11.1. The summed E-state index contributed by atoms with van der Waals surface area (Å²) in [5.74, 6) is 0.230. The molecule has 2 nitrogen and oxygen atoms in total. The molecule has 0 heterocycles. The highest BCUT2D eigenvalue weighted by Crippen LogP contribution is 2.27. The number of esters is 1. The molecular weight excluding hydrogens is 139 g/mol. The van der Waals surface area contributed by atoms with Gasteiger partial charge in [0.1, 0.15) is 7.85 Å². The lowest BCUT2D eigenvalue weighted by atomic mass is 9.74. The van der Waals surface area contributed by atoms with Crippen LogP contribution in [0.5, 0.6) is 0 Å². The Kier molecular flexibility index (Phi) is 2.74. The van der Waals surface area contributed by atoms with E-state index in [1.165, 1.54) is 13.5 Å². The van der Waals surface area contributed by atoms with Crippen molar-refractivity contribution in [2.45, 2.75) is 25.1 Å². The number of hydrogen-bond donors (Lipinski definition) is 0. The van der Waals surface area contributed by atoms with Crippen molar-refractivity contribution in [3.8, 4) is 0 Å². The zero-order chi connectivity index (χ0) is 8.27. The van der Waals surface area contributed by atoms with E-state index in [9.17, 15) is 4.79 Å². The highest BCUT2D eigenvalue weighted by atomic mass is 16.5. The maximum absolute atomic E-state index is 11.1. The number of rotatable bonds is 1. The Morgan fingerprint density at radius 2 is 2.55 bits per heavy atom. The summed E-state index contributed by atoms with van der Waals surface area (Å²) in [6.45, 7) is 0. The molecule has 0 saturated heterocycles. The highest BCUT2D eigenvalue weighted by molar-refractivity contribution is 6.17. The molecule has 0 radical (unpaired) electrons. The Hall–Kier alpha value is -0.725. The third kappa shape index (κ3) is 1.85. The van der Waals surface area contributed by atoms with Gasteiger partial charge in [-0.3, -0.25) is 0 Å². The molecule has 60 valence electrons. The lowest BCUT2D eigenvalue weighted by Crippen LogP contribution is -2.13. The fourth-order valence-electron chi connectivity index (χ4n) is 1.44. The first-order valence-corrected chi connectivity index (χ1v) is 4.04. The highest BCUT2D eigenvalue weighted by Gasteiger charge is 2.19. The molecule has 3 heteroatoms. The molecule has 0 N–H and O–H groups in total. The van der Waals surface area contributed by atoms with Gasteiger partial charge in [-0.05, 0) is 18.7 Å². The van der Waals surface area contributed by atoms with Crippen LogP contribution in [0.15, 0.2) is 11.6 Å². The monoisotopic (exact) mass is 152 g/mol. The van der Waals surface area contributed by atoms with Crippen molar-refractivity contribution < 1.29 is 9.53 Å².